The largest absolute Gasteiger partial charge is 0.491 e. The number of ether oxygens (including phenoxy) is 1. The van der Waals surface area contributed by atoms with E-state index in [1.54, 1.807) is 6.33 Å². The number of rotatable bonds is 6. The normalized spacial score (nSPS) is 10.8. The Morgan fingerprint density at radius 3 is 2.45 bits per heavy atom. The average Bonchev–Trinajstić information content (AvgIpc) is 3.16. The third-order valence-corrected chi connectivity index (χ3v) is 4.56. The number of hydrogen-bond acceptors (Lipinski definition) is 4. The molecule has 146 valence electrons. The topological polar surface area (TPSA) is 76.4 Å². The summed E-state index contributed by atoms with van der Waals surface area (Å²) in [5.74, 6) is 0.634. The van der Waals surface area contributed by atoms with Gasteiger partial charge in [-0.05, 0) is 59.7 Å². The van der Waals surface area contributed by atoms with Crippen LogP contribution in [0.4, 0.5) is 5.69 Å². The van der Waals surface area contributed by atoms with Gasteiger partial charge in [0.25, 0.3) is 0 Å². The molecule has 4 rings (SSSR count). The molecule has 6 heteroatoms. The zero-order valence-electron chi connectivity index (χ0n) is 16.0. The molecule has 2 N–H and O–H groups in total. The predicted octanol–water partition coefficient (Wildman–Crippen LogP) is 4.02. The molecule has 29 heavy (non-hydrogen) atoms. The number of anilines is 1. The molecule has 3 aromatic carbocycles. The summed E-state index contributed by atoms with van der Waals surface area (Å²) in [5, 5.41) is 11.6. The van der Waals surface area contributed by atoms with Crippen molar-refractivity contribution in [1.82, 2.24) is 9.55 Å². The van der Waals surface area contributed by atoms with Crippen molar-refractivity contribution in [3.05, 3.63) is 73.1 Å². The number of carbonyl (C=O) groups is 1. The molecule has 4 aromatic rings. The summed E-state index contributed by atoms with van der Waals surface area (Å²) >= 11 is 0. The predicted molar refractivity (Wildman–Crippen MR) is 113 cm³/mol. The van der Waals surface area contributed by atoms with E-state index in [1.807, 2.05) is 53.1 Å². The van der Waals surface area contributed by atoms with Gasteiger partial charge in [0.2, 0.25) is 5.91 Å². The molecule has 0 saturated heterocycles. The molecule has 0 fully saturated rings. The maximum absolute atomic E-state index is 11.2. The third-order valence-electron chi connectivity index (χ3n) is 4.56. The van der Waals surface area contributed by atoms with E-state index in [-0.39, 0.29) is 19.1 Å². The maximum atomic E-state index is 11.2. The second kappa shape index (κ2) is 8.16. The monoisotopic (exact) mass is 387 g/mol. The van der Waals surface area contributed by atoms with Gasteiger partial charge in [0, 0.05) is 18.3 Å². The molecule has 0 bridgehead atoms. The zero-order chi connectivity index (χ0) is 20.2. The van der Waals surface area contributed by atoms with E-state index >= 15 is 0 Å². The van der Waals surface area contributed by atoms with Crippen LogP contribution in [0, 0.1) is 0 Å². The lowest BCUT2D eigenvalue weighted by Crippen LogP contribution is -2.05. The highest BCUT2D eigenvalue weighted by Crippen LogP contribution is 2.27. The molecule has 1 heterocycles. The average molecular weight is 387 g/mol. The second-order valence-electron chi connectivity index (χ2n) is 6.64. The Balaban J connectivity index is 1.59. The highest BCUT2D eigenvalue weighted by molar-refractivity contribution is 5.89. The molecule has 0 saturated carbocycles. The minimum absolute atomic E-state index is 0.00773. The molecule has 0 aliphatic carbocycles. The number of amides is 1. The first kappa shape index (κ1) is 18.7. The summed E-state index contributed by atoms with van der Waals surface area (Å²) in [5.41, 5.74) is 5.78. The Hall–Kier alpha value is -3.64. The van der Waals surface area contributed by atoms with Gasteiger partial charge in [-0.2, -0.15) is 0 Å². The number of imidazole rings is 1. The van der Waals surface area contributed by atoms with Gasteiger partial charge in [0.1, 0.15) is 18.7 Å². The van der Waals surface area contributed by atoms with E-state index in [0.717, 1.165) is 39.3 Å². The lowest BCUT2D eigenvalue weighted by Gasteiger charge is -2.08. The van der Waals surface area contributed by atoms with Crippen molar-refractivity contribution in [3.8, 4) is 22.6 Å². The first-order valence-electron chi connectivity index (χ1n) is 9.33. The second-order valence-corrected chi connectivity index (χ2v) is 6.64. The number of aromatic nitrogens is 2. The summed E-state index contributed by atoms with van der Waals surface area (Å²) in [7, 11) is 0. The number of hydrogen-bond donors (Lipinski definition) is 2. The maximum Gasteiger partial charge on any atom is 0.221 e. The van der Waals surface area contributed by atoms with Crippen molar-refractivity contribution in [2.45, 2.75) is 6.92 Å². The van der Waals surface area contributed by atoms with Crippen molar-refractivity contribution in [3.63, 3.8) is 0 Å². The van der Waals surface area contributed by atoms with Crippen molar-refractivity contribution >= 4 is 22.6 Å². The van der Waals surface area contributed by atoms with Crippen LogP contribution < -0.4 is 10.1 Å². The molecule has 0 aliphatic rings. The van der Waals surface area contributed by atoms with Crippen molar-refractivity contribution in [2.24, 2.45) is 0 Å². The first-order valence-corrected chi connectivity index (χ1v) is 9.33. The van der Waals surface area contributed by atoms with Crippen molar-refractivity contribution in [2.75, 3.05) is 18.5 Å². The van der Waals surface area contributed by atoms with Gasteiger partial charge in [-0.3, -0.25) is 9.36 Å². The molecule has 0 atom stereocenters. The van der Waals surface area contributed by atoms with E-state index in [9.17, 15) is 4.79 Å². The van der Waals surface area contributed by atoms with Crippen LogP contribution in [0.15, 0.2) is 73.1 Å². The number of carbonyl (C=O) groups excluding carboxylic acids is 1. The third kappa shape index (κ3) is 4.12. The lowest BCUT2D eigenvalue weighted by atomic mass is 10.0. The molecule has 6 nitrogen and oxygen atoms in total. The van der Waals surface area contributed by atoms with Crippen LogP contribution in [0.25, 0.3) is 27.8 Å². The molecule has 1 aromatic heterocycles. The van der Waals surface area contributed by atoms with Gasteiger partial charge >= 0.3 is 0 Å². The van der Waals surface area contributed by atoms with Gasteiger partial charge in [-0.25, -0.2) is 4.98 Å². The van der Waals surface area contributed by atoms with Gasteiger partial charge in [0.15, 0.2) is 0 Å². The molecule has 0 spiro atoms. The van der Waals surface area contributed by atoms with Crippen LogP contribution in [0.5, 0.6) is 5.75 Å². The molecule has 1 amide bonds. The number of fused-ring (bicyclic) bond motifs is 1. The fourth-order valence-corrected chi connectivity index (χ4v) is 3.21. The molecule has 0 radical (unpaired) electrons. The fourth-order valence-electron chi connectivity index (χ4n) is 3.21. The standard InChI is InChI=1S/C23H21N3O3/c1-16(28)25-19-5-2-17(3-6-19)18-4-11-23-22(14-18)24-15-26(23)20-7-9-21(10-8-20)29-13-12-27/h2-11,14-15,27H,12-13H2,1H3,(H,25,28). The highest BCUT2D eigenvalue weighted by atomic mass is 16.5. The minimum atomic E-state index is -0.0855. The number of benzene rings is 3. The van der Waals surface area contributed by atoms with Gasteiger partial charge in [-0.15, -0.1) is 0 Å². The Morgan fingerprint density at radius 2 is 1.76 bits per heavy atom. The van der Waals surface area contributed by atoms with E-state index < -0.39 is 0 Å². The summed E-state index contributed by atoms with van der Waals surface area (Å²) in [6, 6.07) is 21.6. The van der Waals surface area contributed by atoms with E-state index in [4.69, 9.17) is 9.84 Å². The van der Waals surface area contributed by atoms with Crippen LogP contribution in [0.2, 0.25) is 0 Å². The van der Waals surface area contributed by atoms with E-state index in [1.165, 1.54) is 6.92 Å². The fraction of sp³-hybridized carbons (Fsp3) is 0.130. The highest BCUT2D eigenvalue weighted by Gasteiger charge is 2.07. The Bertz CT molecular complexity index is 1130. The van der Waals surface area contributed by atoms with Crippen LogP contribution in [0.3, 0.4) is 0 Å². The molecule has 0 aliphatic heterocycles. The van der Waals surface area contributed by atoms with Gasteiger partial charge in [0.05, 0.1) is 17.6 Å². The van der Waals surface area contributed by atoms with E-state index in [2.05, 4.69) is 28.5 Å². The number of aliphatic hydroxyl groups is 1. The summed E-state index contributed by atoms with van der Waals surface area (Å²) in [6.45, 7) is 1.77. The molecule has 0 unspecified atom stereocenters. The van der Waals surface area contributed by atoms with Crippen LogP contribution >= 0.6 is 0 Å². The molecular formula is C23H21N3O3. The van der Waals surface area contributed by atoms with Gasteiger partial charge < -0.3 is 15.2 Å². The van der Waals surface area contributed by atoms with E-state index in [0.29, 0.717) is 0 Å². The summed E-state index contributed by atoms with van der Waals surface area (Å²) < 4.78 is 7.43. The quantitative estimate of drug-likeness (QED) is 0.524. The lowest BCUT2D eigenvalue weighted by molar-refractivity contribution is -0.114. The molecular weight excluding hydrogens is 366 g/mol. The Kier molecular flexibility index (Phi) is 5.27. The SMILES string of the molecule is CC(=O)Nc1ccc(-c2ccc3c(c2)ncn3-c2ccc(OCCO)cc2)cc1. The Labute approximate surface area is 168 Å². The smallest absolute Gasteiger partial charge is 0.221 e. The summed E-state index contributed by atoms with van der Waals surface area (Å²) in [6.07, 6.45) is 1.80. The Morgan fingerprint density at radius 1 is 1.03 bits per heavy atom. The first-order chi connectivity index (χ1) is 14.1. The van der Waals surface area contributed by atoms with Crippen molar-refractivity contribution < 1.29 is 14.6 Å². The number of nitrogens with one attached hydrogen (secondary N) is 1. The minimum Gasteiger partial charge on any atom is -0.491 e. The van der Waals surface area contributed by atoms with Crippen LogP contribution in [-0.2, 0) is 4.79 Å². The van der Waals surface area contributed by atoms with Gasteiger partial charge in [-0.1, -0.05) is 18.2 Å². The van der Waals surface area contributed by atoms with Crippen LogP contribution in [0.1, 0.15) is 6.92 Å². The number of aliphatic hydroxyl groups excluding tert-OH is 1. The number of nitrogens with zero attached hydrogens (tertiary/aromatic N) is 2. The summed E-state index contributed by atoms with van der Waals surface area (Å²) in [4.78, 5) is 15.7. The van der Waals surface area contributed by atoms with Crippen LogP contribution in [-0.4, -0.2) is 33.8 Å². The van der Waals surface area contributed by atoms with Crippen molar-refractivity contribution in [1.29, 1.82) is 0 Å². The zero-order valence-corrected chi connectivity index (χ0v) is 16.0.